The smallest absolute Gasteiger partial charge is 0.340 e. The number of fused-ring (bicyclic) bond motifs is 1. The van der Waals surface area contributed by atoms with Gasteiger partial charge >= 0.3 is 12.2 Å². The summed E-state index contributed by atoms with van der Waals surface area (Å²) in [7, 11) is -4.10. The molecule has 1 aromatic heterocycles. The summed E-state index contributed by atoms with van der Waals surface area (Å²) in [5, 5.41) is 5.21. The van der Waals surface area contributed by atoms with Crippen molar-refractivity contribution in [3.63, 3.8) is 0 Å². The molecule has 33 heavy (non-hydrogen) atoms. The molecule has 0 spiro atoms. The molecular weight excluding hydrogens is 479 g/mol. The lowest BCUT2D eigenvalue weighted by atomic mass is 10.2. The highest BCUT2D eigenvalue weighted by Gasteiger charge is 2.31. The molecule has 0 aliphatic carbocycles. The number of aromatic amines is 1. The first kappa shape index (κ1) is 22.7. The molecule has 4 aromatic rings. The number of halogens is 4. The van der Waals surface area contributed by atoms with Crippen LogP contribution >= 0.6 is 11.6 Å². The van der Waals surface area contributed by atoms with E-state index in [1.54, 1.807) is 30.3 Å². The summed E-state index contributed by atoms with van der Waals surface area (Å²) in [6, 6.07) is 15.3. The highest BCUT2D eigenvalue weighted by Crippen LogP contribution is 2.36. The first-order valence-corrected chi connectivity index (χ1v) is 11.3. The summed E-state index contributed by atoms with van der Waals surface area (Å²) >= 11 is 6.06. The Morgan fingerprint density at radius 3 is 2.33 bits per heavy atom. The lowest BCUT2D eigenvalue weighted by molar-refractivity contribution is -0.137. The van der Waals surface area contributed by atoms with Gasteiger partial charge in [-0.05, 0) is 48.5 Å². The number of benzene rings is 3. The van der Waals surface area contributed by atoms with Gasteiger partial charge in [-0.2, -0.15) is 13.2 Å². The molecule has 170 valence electrons. The highest BCUT2D eigenvalue weighted by atomic mass is 35.5. The van der Waals surface area contributed by atoms with Gasteiger partial charge in [-0.3, -0.25) is 5.32 Å². The fourth-order valence-electron chi connectivity index (χ4n) is 3.27. The number of hydrogen-bond acceptors (Lipinski definition) is 3. The Hall–Kier alpha value is -3.50. The molecule has 1 heterocycles. The molecule has 4 rings (SSSR count). The molecule has 0 unspecified atom stereocenters. The number of aromatic nitrogens is 1. The Labute approximate surface area is 191 Å². The number of rotatable bonds is 4. The molecule has 2 amide bonds. The second-order valence-corrected chi connectivity index (χ2v) is 9.32. The number of anilines is 2. The summed E-state index contributed by atoms with van der Waals surface area (Å²) in [5.41, 5.74) is -0.662. The largest absolute Gasteiger partial charge is 0.416 e. The Morgan fingerprint density at radius 1 is 0.909 bits per heavy atom. The van der Waals surface area contributed by atoms with Crippen LogP contribution in [0.3, 0.4) is 0 Å². The van der Waals surface area contributed by atoms with Crippen molar-refractivity contribution in [2.24, 2.45) is 0 Å². The van der Waals surface area contributed by atoms with E-state index in [9.17, 15) is 26.4 Å². The number of H-pyrrole nitrogens is 1. The van der Waals surface area contributed by atoms with Crippen molar-refractivity contribution < 1.29 is 26.4 Å². The van der Waals surface area contributed by atoms with Gasteiger partial charge in [0.15, 0.2) is 0 Å². The van der Waals surface area contributed by atoms with Crippen LogP contribution in [-0.4, -0.2) is 19.4 Å². The lowest BCUT2D eigenvalue weighted by Gasteiger charge is -2.11. The van der Waals surface area contributed by atoms with Gasteiger partial charge in [0.1, 0.15) is 10.7 Å². The van der Waals surface area contributed by atoms with E-state index >= 15 is 0 Å². The molecular formula is C22H15ClF3N3O3S. The van der Waals surface area contributed by atoms with Crippen molar-refractivity contribution >= 4 is 49.9 Å². The maximum absolute atomic E-state index is 13.4. The number of amides is 2. The van der Waals surface area contributed by atoms with E-state index in [4.69, 9.17) is 11.6 Å². The molecule has 3 N–H and O–H groups in total. The molecule has 0 atom stereocenters. The Kier molecular flexibility index (Phi) is 5.81. The maximum atomic E-state index is 13.4. The van der Waals surface area contributed by atoms with E-state index in [0.717, 1.165) is 18.2 Å². The molecule has 0 radical (unpaired) electrons. The number of nitrogens with one attached hydrogen (secondary N) is 3. The van der Waals surface area contributed by atoms with Crippen molar-refractivity contribution in [3.8, 4) is 0 Å². The number of sulfone groups is 1. The van der Waals surface area contributed by atoms with Gasteiger partial charge in [0.25, 0.3) is 0 Å². The minimum atomic E-state index is -4.58. The van der Waals surface area contributed by atoms with E-state index < -0.39 is 27.6 Å². The molecule has 3 aromatic carbocycles. The molecule has 0 saturated carbocycles. The fraction of sp³-hybridized carbons (Fsp3) is 0.0455. The van der Waals surface area contributed by atoms with Crippen LogP contribution in [0.5, 0.6) is 0 Å². The average Bonchev–Trinajstić information content (AvgIpc) is 3.11. The third-order valence-corrected chi connectivity index (χ3v) is 6.81. The second-order valence-electron chi connectivity index (χ2n) is 6.99. The van der Waals surface area contributed by atoms with Gasteiger partial charge < -0.3 is 10.3 Å². The zero-order valence-electron chi connectivity index (χ0n) is 16.6. The van der Waals surface area contributed by atoms with E-state index in [-0.39, 0.29) is 31.7 Å². The van der Waals surface area contributed by atoms with Crippen molar-refractivity contribution in [2.45, 2.75) is 16.0 Å². The van der Waals surface area contributed by atoms with E-state index in [1.165, 1.54) is 24.3 Å². The summed E-state index contributed by atoms with van der Waals surface area (Å²) in [6.07, 6.45) is -4.58. The van der Waals surface area contributed by atoms with Crippen molar-refractivity contribution in [1.29, 1.82) is 0 Å². The zero-order chi connectivity index (χ0) is 23.8. The minimum Gasteiger partial charge on any atom is -0.340 e. The third-order valence-electron chi connectivity index (χ3n) is 4.72. The predicted octanol–water partition coefficient (Wildman–Crippen LogP) is 6.32. The second kappa shape index (κ2) is 8.45. The highest BCUT2D eigenvalue weighted by molar-refractivity contribution is 7.92. The summed E-state index contributed by atoms with van der Waals surface area (Å²) in [4.78, 5) is 15.2. The average molecular weight is 494 g/mol. The van der Waals surface area contributed by atoms with Crippen LogP contribution in [0.15, 0.2) is 82.6 Å². The van der Waals surface area contributed by atoms with Crippen LogP contribution < -0.4 is 10.6 Å². The van der Waals surface area contributed by atoms with Crippen molar-refractivity contribution in [1.82, 2.24) is 4.98 Å². The number of urea groups is 1. The lowest BCUT2D eigenvalue weighted by Crippen LogP contribution is -2.21. The summed E-state index contributed by atoms with van der Waals surface area (Å²) in [5.74, 6) is -0.152. The first-order chi connectivity index (χ1) is 15.6. The van der Waals surface area contributed by atoms with Crippen LogP contribution in [0.2, 0.25) is 5.02 Å². The van der Waals surface area contributed by atoms with Crippen LogP contribution in [0.4, 0.5) is 29.5 Å². The van der Waals surface area contributed by atoms with Crippen molar-refractivity contribution in [2.75, 3.05) is 10.6 Å². The van der Waals surface area contributed by atoms with Gasteiger partial charge in [-0.1, -0.05) is 35.9 Å². The number of hydrogen-bond donors (Lipinski definition) is 3. The first-order valence-electron chi connectivity index (χ1n) is 9.42. The monoisotopic (exact) mass is 493 g/mol. The van der Waals surface area contributed by atoms with Gasteiger partial charge in [-0.25, -0.2) is 13.2 Å². The molecule has 0 aliphatic heterocycles. The van der Waals surface area contributed by atoms with Crippen LogP contribution in [-0.2, 0) is 16.0 Å². The molecule has 0 aliphatic rings. The molecule has 6 nitrogen and oxygen atoms in total. The zero-order valence-corrected chi connectivity index (χ0v) is 18.1. The van der Waals surface area contributed by atoms with E-state index in [0.29, 0.717) is 5.52 Å². The SMILES string of the molecule is O=C(Nc1cccc(C(F)(F)F)c1)Nc1[nH]c2ccc(Cl)cc2c1S(=O)(=O)c1ccccc1. The fourth-order valence-corrected chi connectivity index (χ4v) is 5.03. The van der Waals surface area contributed by atoms with Crippen LogP contribution in [0.25, 0.3) is 10.9 Å². The molecule has 11 heteroatoms. The third kappa shape index (κ3) is 4.67. The Morgan fingerprint density at radius 2 is 1.64 bits per heavy atom. The standard InChI is InChI=1S/C22H15ClF3N3O3S/c23-14-9-10-18-17(12-14)19(33(31,32)16-7-2-1-3-8-16)20(28-18)29-21(30)27-15-6-4-5-13(11-15)22(24,25)26/h1-12,28H,(H2,27,29,30). The summed E-state index contributed by atoms with van der Waals surface area (Å²) < 4.78 is 65.6. The van der Waals surface area contributed by atoms with E-state index in [1.807, 2.05) is 0 Å². The van der Waals surface area contributed by atoms with Gasteiger partial charge in [0.2, 0.25) is 9.84 Å². The topological polar surface area (TPSA) is 91.1 Å². The maximum Gasteiger partial charge on any atom is 0.416 e. The quantitative estimate of drug-likeness (QED) is 0.311. The molecule has 0 fully saturated rings. The van der Waals surface area contributed by atoms with Gasteiger partial charge in [0, 0.05) is 21.6 Å². The number of carbonyl (C=O) groups excluding carboxylic acids is 1. The van der Waals surface area contributed by atoms with Crippen LogP contribution in [0, 0.1) is 0 Å². The Balaban J connectivity index is 1.73. The number of alkyl halides is 3. The summed E-state index contributed by atoms with van der Waals surface area (Å²) in [6.45, 7) is 0. The predicted molar refractivity (Wildman–Crippen MR) is 119 cm³/mol. The minimum absolute atomic E-state index is 0.00721. The van der Waals surface area contributed by atoms with Crippen LogP contribution in [0.1, 0.15) is 5.56 Å². The molecule has 0 saturated heterocycles. The van der Waals surface area contributed by atoms with Gasteiger partial charge in [-0.15, -0.1) is 0 Å². The van der Waals surface area contributed by atoms with Gasteiger partial charge in [0.05, 0.1) is 10.5 Å². The normalized spacial score (nSPS) is 12.0. The van der Waals surface area contributed by atoms with Crippen molar-refractivity contribution in [3.05, 3.63) is 83.4 Å². The molecule has 0 bridgehead atoms. The number of carbonyl (C=O) groups is 1. The van der Waals surface area contributed by atoms with E-state index in [2.05, 4.69) is 15.6 Å². The Bertz CT molecular complexity index is 1450.